The van der Waals surface area contributed by atoms with E-state index in [4.69, 9.17) is 11.5 Å². The number of hydrogen-bond acceptors (Lipinski definition) is 2. The summed E-state index contributed by atoms with van der Waals surface area (Å²) in [5, 5.41) is 0. The number of rotatable bonds is 8. The van der Waals surface area contributed by atoms with E-state index in [-0.39, 0.29) is 23.7 Å². The lowest BCUT2D eigenvalue weighted by molar-refractivity contribution is -0.124. The monoisotopic (exact) mass is 214 g/mol. The van der Waals surface area contributed by atoms with Crippen LogP contribution in [0.5, 0.6) is 0 Å². The van der Waals surface area contributed by atoms with Gasteiger partial charge in [-0.3, -0.25) is 9.59 Å². The van der Waals surface area contributed by atoms with Gasteiger partial charge in [-0.25, -0.2) is 0 Å². The summed E-state index contributed by atoms with van der Waals surface area (Å²) in [6.45, 7) is 3.94. The first kappa shape index (κ1) is 13.9. The summed E-state index contributed by atoms with van der Waals surface area (Å²) in [5.41, 5.74) is 10.5. The second-order valence-electron chi connectivity index (χ2n) is 3.97. The van der Waals surface area contributed by atoms with E-state index in [1.54, 1.807) is 0 Å². The molecule has 0 rings (SSSR count). The van der Waals surface area contributed by atoms with Gasteiger partial charge in [0.05, 0.1) is 0 Å². The number of amides is 2. The van der Waals surface area contributed by atoms with Crippen molar-refractivity contribution in [2.45, 2.75) is 46.0 Å². The average molecular weight is 214 g/mol. The number of hydrogen-bond donors (Lipinski definition) is 2. The molecule has 2 unspecified atom stereocenters. The van der Waals surface area contributed by atoms with Crippen molar-refractivity contribution >= 4 is 11.8 Å². The second kappa shape index (κ2) is 7.26. The minimum absolute atomic E-state index is 0.108. The summed E-state index contributed by atoms with van der Waals surface area (Å²) < 4.78 is 0. The molecule has 15 heavy (non-hydrogen) atoms. The molecule has 0 saturated carbocycles. The SMILES string of the molecule is CCCC(CCC(CC)C(N)=O)C(N)=O. The molecule has 0 aromatic carbocycles. The van der Waals surface area contributed by atoms with Crippen LogP contribution in [0.4, 0.5) is 0 Å². The summed E-state index contributed by atoms with van der Waals surface area (Å²) in [5.74, 6) is -0.777. The van der Waals surface area contributed by atoms with Crippen LogP contribution in [-0.2, 0) is 9.59 Å². The Kier molecular flexibility index (Phi) is 6.75. The summed E-state index contributed by atoms with van der Waals surface area (Å²) in [4.78, 5) is 22.0. The molecular weight excluding hydrogens is 192 g/mol. The molecule has 0 aromatic heterocycles. The van der Waals surface area contributed by atoms with Gasteiger partial charge in [-0.2, -0.15) is 0 Å². The molecule has 88 valence electrons. The Labute approximate surface area is 91.4 Å². The molecule has 0 fully saturated rings. The third kappa shape index (κ3) is 5.40. The highest BCUT2D eigenvalue weighted by molar-refractivity contribution is 5.77. The molecule has 0 aromatic rings. The molecule has 0 aliphatic carbocycles. The molecule has 0 heterocycles. The van der Waals surface area contributed by atoms with Crippen LogP contribution in [-0.4, -0.2) is 11.8 Å². The van der Waals surface area contributed by atoms with E-state index in [0.29, 0.717) is 12.8 Å². The molecule has 0 aliphatic heterocycles. The van der Waals surface area contributed by atoms with Crippen molar-refractivity contribution < 1.29 is 9.59 Å². The van der Waals surface area contributed by atoms with Gasteiger partial charge in [0.1, 0.15) is 0 Å². The first-order chi connectivity index (χ1) is 7.02. The largest absolute Gasteiger partial charge is 0.369 e. The summed E-state index contributed by atoms with van der Waals surface area (Å²) >= 11 is 0. The van der Waals surface area contributed by atoms with Gasteiger partial charge in [-0.1, -0.05) is 20.3 Å². The van der Waals surface area contributed by atoms with E-state index in [0.717, 1.165) is 19.3 Å². The van der Waals surface area contributed by atoms with E-state index in [1.807, 2.05) is 13.8 Å². The zero-order valence-corrected chi connectivity index (χ0v) is 9.66. The topological polar surface area (TPSA) is 86.2 Å². The zero-order chi connectivity index (χ0) is 11.8. The Hall–Kier alpha value is -1.06. The number of nitrogens with two attached hydrogens (primary N) is 2. The van der Waals surface area contributed by atoms with Crippen LogP contribution in [0.1, 0.15) is 46.0 Å². The fraction of sp³-hybridized carbons (Fsp3) is 0.818. The lowest BCUT2D eigenvalue weighted by atomic mass is 9.91. The normalized spacial score (nSPS) is 14.5. The lowest BCUT2D eigenvalue weighted by Crippen LogP contribution is -2.27. The Balaban J connectivity index is 4.07. The van der Waals surface area contributed by atoms with Crippen molar-refractivity contribution in [2.24, 2.45) is 23.3 Å². The van der Waals surface area contributed by atoms with Gasteiger partial charge >= 0.3 is 0 Å². The first-order valence-corrected chi connectivity index (χ1v) is 5.61. The smallest absolute Gasteiger partial charge is 0.220 e. The van der Waals surface area contributed by atoms with Gasteiger partial charge < -0.3 is 11.5 Å². The zero-order valence-electron chi connectivity index (χ0n) is 9.66. The van der Waals surface area contributed by atoms with Crippen LogP contribution >= 0.6 is 0 Å². The fourth-order valence-corrected chi connectivity index (χ4v) is 1.73. The highest BCUT2D eigenvalue weighted by Crippen LogP contribution is 2.18. The van der Waals surface area contributed by atoms with E-state index in [1.165, 1.54) is 0 Å². The summed E-state index contributed by atoms with van der Waals surface area (Å²) in [7, 11) is 0. The maximum absolute atomic E-state index is 11.1. The minimum atomic E-state index is -0.280. The van der Waals surface area contributed by atoms with Crippen LogP contribution in [0.2, 0.25) is 0 Å². The van der Waals surface area contributed by atoms with Gasteiger partial charge in [-0.15, -0.1) is 0 Å². The summed E-state index contributed by atoms with van der Waals surface area (Å²) in [6.07, 6.45) is 3.79. The van der Waals surface area contributed by atoms with Crippen molar-refractivity contribution in [1.29, 1.82) is 0 Å². The van der Waals surface area contributed by atoms with Gasteiger partial charge in [0.2, 0.25) is 11.8 Å². The molecule has 2 atom stereocenters. The van der Waals surface area contributed by atoms with Crippen molar-refractivity contribution in [3.63, 3.8) is 0 Å². The Bertz CT molecular complexity index is 217. The van der Waals surface area contributed by atoms with E-state index in [9.17, 15) is 9.59 Å². The fourth-order valence-electron chi connectivity index (χ4n) is 1.73. The molecule has 4 N–H and O–H groups in total. The third-order valence-corrected chi connectivity index (χ3v) is 2.80. The van der Waals surface area contributed by atoms with Crippen LogP contribution in [0, 0.1) is 11.8 Å². The predicted octanol–water partition coefficient (Wildman–Crippen LogP) is 1.18. The van der Waals surface area contributed by atoms with E-state index < -0.39 is 0 Å². The van der Waals surface area contributed by atoms with E-state index >= 15 is 0 Å². The number of carbonyl (C=O) groups is 2. The van der Waals surface area contributed by atoms with Crippen LogP contribution in [0.25, 0.3) is 0 Å². The van der Waals surface area contributed by atoms with Crippen molar-refractivity contribution in [2.75, 3.05) is 0 Å². The minimum Gasteiger partial charge on any atom is -0.369 e. The van der Waals surface area contributed by atoms with Crippen LogP contribution in [0.15, 0.2) is 0 Å². The van der Waals surface area contributed by atoms with Crippen LogP contribution in [0.3, 0.4) is 0 Å². The second-order valence-corrected chi connectivity index (χ2v) is 3.97. The number of carbonyl (C=O) groups excluding carboxylic acids is 2. The van der Waals surface area contributed by atoms with Gasteiger partial charge in [-0.05, 0) is 25.7 Å². The average Bonchev–Trinajstić information content (AvgIpc) is 2.16. The Morgan fingerprint density at radius 3 is 1.73 bits per heavy atom. The van der Waals surface area contributed by atoms with Crippen molar-refractivity contribution in [1.82, 2.24) is 0 Å². The van der Waals surface area contributed by atoms with Crippen molar-refractivity contribution in [3.8, 4) is 0 Å². The standard InChI is InChI=1S/C11H22N2O2/c1-3-5-9(11(13)15)7-6-8(4-2)10(12)14/h8-9H,3-7H2,1-2H3,(H2,12,14)(H2,13,15). The molecule has 0 aliphatic rings. The molecule has 2 amide bonds. The molecular formula is C11H22N2O2. The van der Waals surface area contributed by atoms with Gasteiger partial charge in [0.15, 0.2) is 0 Å². The number of primary amides is 2. The highest BCUT2D eigenvalue weighted by Gasteiger charge is 2.19. The van der Waals surface area contributed by atoms with Gasteiger partial charge in [0, 0.05) is 11.8 Å². The molecule has 0 radical (unpaired) electrons. The molecule has 0 spiro atoms. The van der Waals surface area contributed by atoms with Crippen LogP contribution < -0.4 is 11.5 Å². The van der Waals surface area contributed by atoms with Gasteiger partial charge in [0.25, 0.3) is 0 Å². The maximum Gasteiger partial charge on any atom is 0.220 e. The highest BCUT2D eigenvalue weighted by atomic mass is 16.1. The quantitative estimate of drug-likeness (QED) is 0.635. The predicted molar refractivity (Wildman–Crippen MR) is 59.8 cm³/mol. The first-order valence-electron chi connectivity index (χ1n) is 5.61. The lowest BCUT2D eigenvalue weighted by Gasteiger charge is -2.15. The van der Waals surface area contributed by atoms with Crippen molar-refractivity contribution in [3.05, 3.63) is 0 Å². The maximum atomic E-state index is 11.1. The Morgan fingerprint density at radius 1 is 0.933 bits per heavy atom. The Morgan fingerprint density at radius 2 is 1.40 bits per heavy atom. The molecule has 0 saturated heterocycles. The summed E-state index contributed by atoms with van der Waals surface area (Å²) in [6, 6.07) is 0. The molecule has 0 bridgehead atoms. The molecule has 4 heteroatoms. The third-order valence-electron chi connectivity index (χ3n) is 2.80. The molecule has 4 nitrogen and oxygen atoms in total. The van der Waals surface area contributed by atoms with E-state index in [2.05, 4.69) is 0 Å².